The van der Waals surface area contributed by atoms with Crippen molar-refractivity contribution in [3.8, 4) is 0 Å². The van der Waals surface area contributed by atoms with Crippen LogP contribution in [0.15, 0.2) is 0 Å². The van der Waals surface area contributed by atoms with Crippen LogP contribution in [-0.4, -0.2) is 58.2 Å². The molecule has 1 aliphatic rings. The van der Waals surface area contributed by atoms with Crippen LogP contribution in [0.4, 0.5) is 0 Å². The molecular formula is C8H13NO6. The van der Waals surface area contributed by atoms with Gasteiger partial charge in [-0.05, 0) is 0 Å². The lowest BCUT2D eigenvalue weighted by Crippen LogP contribution is -2.47. The van der Waals surface area contributed by atoms with Crippen molar-refractivity contribution in [3.63, 3.8) is 0 Å². The summed E-state index contributed by atoms with van der Waals surface area (Å²) in [5.41, 5.74) is 0. The maximum Gasteiger partial charge on any atom is 0.331 e. The number of amides is 1. The normalized spacial score (nSPS) is 32.3. The predicted octanol–water partition coefficient (Wildman–Crippen LogP) is -2.87. The number of carbonyl (C=O) groups is 2. The van der Waals surface area contributed by atoms with Gasteiger partial charge >= 0.3 is 5.97 Å². The van der Waals surface area contributed by atoms with Crippen LogP contribution in [0.25, 0.3) is 0 Å². The second kappa shape index (κ2) is 4.56. The van der Waals surface area contributed by atoms with E-state index in [1.54, 1.807) is 0 Å². The Morgan fingerprint density at radius 2 is 2.27 bits per heavy atom. The Balaban J connectivity index is 2.69. The first-order valence-corrected chi connectivity index (χ1v) is 4.42. The Kier molecular flexibility index (Phi) is 3.61. The molecule has 1 heterocycles. The molecule has 0 unspecified atom stereocenters. The van der Waals surface area contributed by atoms with E-state index in [-0.39, 0.29) is 0 Å². The summed E-state index contributed by atoms with van der Waals surface area (Å²) in [6.07, 6.45) is -3.93. The van der Waals surface area contributed by atoms with Crippen molar-refractivity contribution in [2.45, 2.75) is 31.3 Å². The van der Waals surface area contributed by atoms with Crippen molar-refractivity contribution in [3.05, 3.63) is 0 Å². The van der Waals surface area contributed by atoms with Gasteiger partial charge in [-0.3, -0.25) is 4.79 Å². The zero-order valence-corrected chi connectivity index (χ0v) is 8.08. The molecule has 1 saturated heterocycles. The van der Waals surface area contributed by atoms with Gasteiger partial charge in [-0.2, -0.15) is 0 Å². The van der Waals surface area contributed by atoms with Gasteiger partial charge in [-0.1, -0.05) is 0 Å². The van der Waals surface area contributed by atoms with Gasteiger partial charge in [0.15, 0.2) is 12.1 Å². The summed E-state index contributed by atoms with van der Waals surface area (Å²) in [5.74, 6) is -1.31. The Morgan fingerprint density at radius 1 is 1.67 bits per heavy atom. The van der Waals surface area contributed by atoms with E-state index in [1.807, 2.05) is 0 Å². The van der Waals surface area contributed by atoms with Crippen LogP contribution in [0, 0.1) is 0 Å². The number of carbonyl (C=O) groups excluding carboxylic acids is 2. The summed E-state index contributed by atoms with van der Waals surface area (Å²) < 4.78 is 4.63. The third-order valence-electron chi connectivity index (χ3n) is 2.11. The number of esters is 1. The molecule has 15 heavy (non-hydrogen) atoms. The average Bonchev–Trinajstić information content (AvgIpc) is 2.44. The molecule has 0 bridgehead atoms. The quantitative estimate of drug-likeness (QED) is 0.379. The summed E-state index contributed by atoms with van der Waals surface area (Å²) in [4.78, 5) is 21.9. The van der Waals surface area contributed by atoms with Crippen molar-refractivity contribution < 1.29 is 29.6 Å². The number of hydrogen-bond donors (Lipinski definition) is 4. The zero-order chi connectivity index (χ0) is 11.6. The van der Waals surface area contributed by atoms with E-state index in [1.165, 1.54) is 6.92 Å². The van der Waals surface area contributed by atoms with Crippen molar-refractivity contribution in [1.82, 2.24) is 5.32 Å². The highest BCUT2D eigenvalue weighted by molar-refractivity contribution is 5.85. The van der Waals surface area contributed by atoms with Crippen molar-refractivity contribution in [1.29, 1.82) is 0 Å². The number of rotatable bonds is 3. The Labute approximate surface area is 85.7 Å². The minimum Gasteiger partial charge on any atom is -0.455 e. The molecule has 0 aliphatic carbocycles. The molecule has 0 radical (unpaired) electrons. The number of cyclic esters (lactones) is 1. The van der Waals surface area contributed by atoms with Gasteiger partial charge in [-0.25, -0.2) is 4.79 Å². The SMILES string of the molecule is CC(=O)N[C@H]1C(=O)O[C@@H]([C@H](O)CO)[C@@H]1O. The molecule has 7 nitrogen and oxygen atoms in total. The van der Waals surface area contributed by atoms with E-state index in [9.17, 15) is 19.8 Å². The lowest BCUT2D eigenvalue weighted by Gasteiger charge is -2.18. The Hall–Kier alpha value is -1.18. The fraction of sp³-hybridized carbons (Fsp3) is 0.750. The van der Waals surface area contributed by atoms with Crippen LogP contribution in [0.5, 0.6) is 0 Å². The van der Waals surface area contributed by atoms with Gasteiger partial charge in [0.25, 0.3) is 0 Å². The molecule has 0 saturated carbocycles. The molecule has 1 aliphatic heterocycles. The fourth-order valence-electron chi connectivity index (χ4n) is 1.38. The van der Waals surface area contributed by atoms with Gasteiger partial charge in [0.1, 0.15) is 12.2 Å². The van der Waals surface area contributed by atoms with Gasteiger partial charge in [0, 0.05) is 6.92 Å². The molecule has 86 valence electrons. The number of aliphatic hydroxyl groups excluding tert-OH is 3. The van der Waals surface area contributed by atoms with Crippen LogP contribution >= 0.6 is 0 Å². The Bertz CT molecular complexity index is 268. The maximum atomic E-state index is 11.2. The molecule has 7 heteroatoms. The molecule has 0 aromatic carbocycles. The van der Waals surface area contributed by atoms with E-state index < -0.39 is 42.8 Å². The predicted molar refractivity (Wildman–Crippen MR) is 46.6 cm³/mol. The molecular weight excluding hydrogens is 206 g/mol. The highest BCUT2D eigenvalue weighted by Crippen LogP contribution is 2.18. The van der Waals surface area contributed by atoms with Gasteiger partial charge in [0.05, 0.1) is 6.61 Å². The first-order chi connectivity index (χ1) is 6.97. The van der Waals surface area contributed by atoms with E-state index in [0.29, 0.717) is 0 Å². The van der Waals surface area contributed by atoms with Crippen LogP contribution in [0.2, 0.25) is 0 Å². The summed E-state index contributed by atoms with van der Waals surface area (Å²) in [6.45, 7) is 0.553. The smallest absolute Gasteiger partial charge is 0.331 e. The molecule has 0 spiro atoms. The topological polar surface area (TPSA) is 116 Å². The Morgan fingerprint density at radius 3 is 2.73 bits per heavy atom. The van der Waals surface area contributed by atoms with Gasteiger partial charge in [0.2, 0.25) is 5.91 Å². The zero-order valence-electron chi connectivity index (χ0n) is 8.08. The van der Waals surface area contributed by atoms with Gasteiger partial charge < -0.3 is 25.4 Å². The van der Waals surface area contributed by atoms with Crippen molar-refractivity contribution in [2.24, 2.45) is 0 Å². The number of aliphatic hydroxyl groups is 3. The minimum absolute atomic E-state index is 0.491. The lowest BCUT2D eigenvalue weighted by atomic mass is 10.0. The summed E-state index contributed by atoms with van der Waals surface area (Å²) in [7, 11) is 0. The summed E-state index contributed by atoms with van der Waals surface area (Å²) in [5, 5.41) is 29.6. The van der Waals surface area contributed by atoms with E-state index in [4.69, 9.17) is 5.11 Å². The molecule has 0 aromatic rings. The number of ether oxygens (including phenoxy) is 1. The highest BCUT2D eigenvalue weighted by atomic mass is 16.6. The van der Waals surface area contributed by atoms with Crippen LogP contribution in [-0.2, 0) is 14.3 Å². The second-order valence-electron chi connectivity index (χ2n) is 3.32. The number of nitrogens with one attached hydrogen (secondary N) is 1. The standard InChI is InChI=1S/C8H13NO6/c1-3(11)9-5-6(13)7(4(12)2-10)15-8(5)14/h4-7,10,12-13H,2H2,1H3,(H,9,11)/t4-,5-,6-,7+/m1/s1. The first kappa shape index (κ1) is 11.9. The minimum atomic E-state index is -1.36. The third-order valence-corrected chi connectivity index (χ3v) is 2.11. The maximum absolute atomic E-state index is 11.2. The fourth-order valence-corrected chi connectivity index (χ4v) is 1.38. The largest absolute Gasteiger partial charge is 0.455 e. The summed E-state index contributed by atoms with van der Waals surface area (Å²) >= 11 is 0. The van der Waals surface area contributed by atoms with Crippen molar-refractivity contribution >= 4 is 11.9 Å². The highest BCUT2D eigenvalue weighted by Gasteiger charge is 2.47. The second-order valence-corrected chi connectivity index (χ2v) is 3.32. The molecule has 1 amide bonds. The molecule has 0 aromatic heterocycles. The average molecular weight is 219 g/mol. The monoisotopic (exact) mass is 219 g/mol. The first-order valence-electron chi connectivity index (χ1n) is 4.42. The lowest BCUT2D eigenvalue weighted by molar-refractivity contribution is -0.149. The van der Waals surface area contributed by atoms with Crippen LogP contribution < -0.4 is 5.32 Å². The van der Waals surface area contributed by atoms with Crippen LogP contribution in [0.1, 0.15) is 6.92 Å². The van der Waals surface area contributed by atoms with E-state index in [0.717, 1.165) is 0 Å². The van der Waals surface area contributed by atoms with Gasteiger partial charge in [-0.15, -0.1) is 0 Å². The summed E-state index contributed by atoms with van der Waals surface area (Å²) in [6, 6.07) is -1.19. The molecule has 1 fully saturated rings. The molecule has 1 rings (SSSR count). The van der Waals surface area contributed by atoms with E-state index >= 15 is 0 Å². The molecule has 4 atom stereocenters. The van der Waals surface area contributed by atoms with Crippen molar-refractivity contribution in [2.75, 3.05) is 6.61 Å². The molecule has 4 N–H and O–H groups in total. The van der Waals surface area contributed by atoms with Crippen LogP contribution in [0.3, 0.4) is 0 Å². The van der Waals surface area contributed by atoms with E-state index in [2.05, 4.69) is 10.1 Å². The third kappa shape index (κ3) is 2.44. The number of hydrogen-bond acceptors (Lipinski definition) is 6.